The number of nitrogens with zero attached hydrogens (tertiary/aromatic N) is 1. The van der Waals surface area contributed by atoms with Crippen LogP contribution < -0.4 is 11.5 Å². The minimum atomic E-state index is -1.86. The standard InChI is InChI=1S/C13H16F3N3O/c1-12(9-4-8(17)2-3-10(9)16)7-20-13(5-14,6-15)11(18)19-12/h2-4H,5-7,17H2,1H3,(H2,18,19). The second-order valence-corrected chi connectivity index (χ2v) is 5.06. The Labute approximate surface area is 114 Å². The van der Waals surface area contributed by atoms with Gasteiger partial charge in [0.25, 0.3) is 0 Å². The van der Waals surface area contributed by atoms with Crippen LogP contribution in [0.4, 0.5) is 18.9 Å². The van der Waals surface area contributed by atoms with Crippen molar-refractivity contribution in [2.75, 3.05) is 25.7 Å². The third kappa shape index (κ3) is 2.22. The SMILES string of the molecule is CC1(c2cc(N)ccc2F)COC(CF)(CF)C(N)=N1. The lowest BCUT2D eigenvalue weighted by atomic mass is 9.89. The minimum absolute atomic E-state index is 0.173. The number of nitrogens with two attached hydrogens (primary N) is 2. The molecule has 0 aromatic heterocycles. The molecule has 0 amide bonds. The molecule has 1 atom stereocenters. The van der Waals surface area contributed by atoms with Crippen LogP contribution in [0.15, 0.2) is 23.2 Å². The van der Waals surface area contributed by atoms with E-state index >= 15 is 0 Å². The van der Waals surface area contributed by atoms with Gasteiger partial charge in [0.2, 0.25) is 0 Å². The highest BCUT2D eigenvalue weighted by molar-refractivity contribution is 5.90. The molecule has 1 heterocycles. The van der Waals surface area contributed by atoms with E-state index in [0.717, 1.165) is 0 Å². The highest BCUT2D eigenvalue weighted by atomic mass is 19.1. The molecule has 20 heavy (non-hydrogen) atoms. The van der Waals surface area contributed by atoms with Crippen LogP contribution in [-0.4, -0.2) is 31.4 Å². The summed E-state index contributed by atoms with van der Waals surface area (Å²) in [6.45, 7) is -0.886. The number of hydrogen-bond donors (Lipinski definition) is 2. The van der Waals surface area contributed by atoms with Crippen LogP contribution in [-0.2, 0) is 10.3 Å². The van der Waals surface area contributed by atoms with Crippen molar-refractivity contribution in [1.82, 2.24) is 0 Å². The molecule has 0 spiro atoms. The van der Waals surface area contributed by atoms with Gasteiger partial charge >= 0.3 is 0 Å². The molecule has 4 nitrogen and oxygen atoms in total. The van der Waals surface area contributed by atoms with Gasteiger partial charge in [-0.15, -0.1) is 0 Å². The fourth-order valence-corrected chi connectivity index (χ4v) is 2.10. The van der Waals surface area contributed by atoms with Crippen LogP contribution in [0.2, 0.25) is 0 Å². The fraction of sp³-hybridized carbons (Fsp3) is 0.462. The van der Waals surface area contributed by atoms with Crippen LogP contribution in [0.1, 0.15) is 12.5 Å². The predicted molar refractivity (Wildman–Crippen MR) is 70.4 cm³/mol. The van der Waals surface area contributed by atoms with E-state index in [9.17, 15) is 13.2 Å². The van der Waals surface area contributed by atoms with Crippen molar-refractivity contribution in [1.29, 1.82) is 0 Å². The van der Waals surface area contributed by atoms with E-state index in [1.807, 2.05) is 0 Å². The van der Waals surface area contributed by atoms with Crippen molar-refractivity contribution < 1.29 is 17.9 Å². The molecule has 0 bridgehead atoms. The Morgan fingerprint density at radius 1 is 1.30 bits per heavy atom. The van der Waals surface area contributed by atoms with Crippen LogP contribution in [0, 0.1) is 5.82 Å². The second-order valence-electron chi connectivity index (χ2n) is 5.06. The van der Waals surface area contributed by atoms with Crippen LogP contribution >= 0.6 is 0 Å². The summed E-state index contributed by atoms with van der Waals surface area (Å²) in [7, 11) is 0. The fourth-order valence-electron chi connectivity index (χ4n) is 2.10. The summed E-state index contributed by atoms with van der Waals surface area (Å²) in [5.74, 6) is -0.854. The first-order valence-electron chi connectivity index (χ1n) is 6.04. The molecule has 0 saturated heterocycles. The summed E-state index contributed by atoms with van der Waals surface area (Å²) in [5, 5.41) is 0. The van der Waals surface area contributed by atoms with Gasteiger partial charge in [-0.1, -0.05) is 0 Å². The molecule has 1 aliphatic heterocycles. The highest BCUT2D eigenvalue weighted by Gasteiger charge is 2.45. The Balaban J connectivity index is 2.48. The van der Waals surface area contributed by atoms with E-state index in [4.69, 9.17) is 16.2 Å². The maximum atomic E-state index is 13.9. The Hall–Kier alpha value is -1.76. The molecule has 4 N–H and O–H groups in total. The van der Waals surface area contributed by atoms with Crippen LogP contribution in [0.5, 0.6) is 0 Å². The van der Waals surface area contributed by atoms with E-state index in [1.54, 1.807) is 6.92 Å². The number of hydrogen-bond acceptors (Lipinski definition) is 4. The highest BCUT2D eigenvalue weighted by Crippen LogP contribution is 2.35. The molecule has 7 heteroatoms. The first-order valence-corrected chi connectivity index (χ1v) is 6.04. The molecule has 110 valence electrons. The summed E-state index contributed by atoms with van der Waals surface area (Å²) >= 11 is 0. The van der Waals surface area contributed by atoms with Crippen LogP contribution in [0.25, 0.3) is 0 Å². The summed E-state index contributed by atoms with van der Waals surface area (Å²) in [5.41, 5.74) is 8.74. The summed E-state index contributed by atoms with van der Waals surface area (Å²) < 4.78 is 45.1. The number of rotatable bonds is 3. The molecule has 1 aliphatic rings. The van der Waals surface area contributed by atoms with Gasteiger partial charge in [-0.25, -0.2) is 13.2 Å². The zero-order chi connectivity index (χ0) is 15.0. The average molecular weight is 287 g/mol. The van der Waals surface area contributed by atoms with Crippen molar-refractivity contribution in [3.63, 3.8) is 0 Å². The zero-order valence-electron chi connectivity index (χ0n) is 11.0. The van der Waals surface area contributed by atoms with E-state index in [-0.39, 0.29) is 18.0 Å². The number of amidine groups is 1. The van der Waals surface area contributed by atoms with E-state index in [0.29, 0.717) is 5.69 Å². The lowest BCUT2D eigenvalue weighted by Crippen LogP contribution is -2.56. The van der Waals surface area contributed by atoms with Crippen LogP contribution in [0.3, 0.4) is 0 Å². The van der Waals surface area contributed by atoms with Gasteiger partial charge in [0.05, 0.1) is 6.61 Å². The van der Waals surface area contributed by atoms with Gasteiger partial charge in [-0.05, 0) is 25.1 Å². The molecular formula is C13H16F3N3O. The number of alkyl halides is 2. The average Bonchev–Trinajstić information content (AvgIpc) is 2.42. The van der Waals surface area contributed by atoms with E-state index in [2.05, 4.69) is 4.99 Å². The lowest BCUT2D eigenvalue weighted by molar-refractivity contribution is -0.0575. The number of ether oxygens (including phenoxy) is 1. The molecule has 0 fully saturated rings. The maximum absolute atomic E-state index is 13.9. The Morgan fingerprint density at radius 2 is 1.95 bits per heavy atom. The van der Waals surface area contributed by atoms with Gasteiger partial charge in [0.15, 0.2) is 5.60 Å². The van der Waals surface area contributed by atoms with Gasteiger partial charge in [0, 0.05) is 11.3 Å². The quantitative estimate of drug-likeness (QED) is 0.831. The number of nitrogen functional groups attached to an aromatic ring is 1. The van der Waals surface area contributed by atoms with Crippen molar-refractivity contribution in [2.45, 2.75) is 18.1 Å². The zero-order valence-corrected chi connectivity index (χ0v) is 11.0. The van der Waals surface area contributed by atoms with Gasteiger partial charge in [-0.3, -0.25) is 4.99 Å². The van der Waals surface area contributed by atoms with Crippen molar-refractivity contribution >= 4 is 11.5 Å². The lowest BCUT2D eigenvalue weighted by Gasteiger charge is -2.39. The normalized spacial score (nSPS) is 25.3. The largest absolute Gasteiger partial charge is 0.399 e. The molecule has 0 saturated carbocycles. The molecule has 1 unspecified atom stereocenters. The molecule has 0 radical (unpaired) electrons. The number of anilines is 1. The first-order chi connectivity index (χ1) is 9.37. The number of halogens is 3. The topological polar surface area (TPSA) is 73.6 Å². The minimum Gasteiger partial charge on any atom is -0.399 e. The number of aliphatic imine (C=N–C) groups is 1. The Kier molecular flexibility index (Phi) is 3.64. The maximum Gasteiger partial charge on any atom is 0.181 e. The van der Waals surface area contributed by atoms with Gasteiger partial charge in [-0.2, -0.15) is 0 Å². The van der Waals surface area contributed by atoms with Gasteiger partial charge in [0.1, 0.15) is 30.5 Å². The van der Waals surface area contributed by atoms with Crippen molar-refractivity contribution in [3.8, 4) is 0 Å². The molecule has 0 aliphatic carbocycles. The van der Waals surface area contributed by atoms with Crippen molar-refractivity contribution in [2.24, 2.45) is 10.7 Å². The van der Waals surface area contributed by atoms with Crippen molar-refractivity contribution in [3.05, 3.63) is 29.6 Å². The predicted octanol–water partition coefficient (Wildman–Crippen LogP) is 1.69. The molecular weight excluding hydrogens is 271 g/mol. The molecule has 1 aromatic rings. The third-order valence-corrected chi connectivity index (χ3v) is 3.47. The van der Waals surface area contributed by atoms with E-state index < -0.39 is 30.3 Å². The molecule has 1 aromatic carbocycles. The Bertz CT molecular complexity index is 546. The summed E-state index contributed by atoms with van der Waals surface area (Å²) in [6, 6.07) is 4.02. The monoisotopic (exact) mass is 287 g/mol. The molecule has 2 rings (SSSR count). The van der Waals surface area contributed by atoms with Gasteiger partial charge < -0.3 is 16.2 Å². The first kappa shape index (κ1) is 14.6. The summed E-state index contributed by atoms with van der Waals surface area (Å²) in [6.07, 6.45) is 0. The van der Waals surface area contributed by atoms with E-state index in [1.165, 1.54) is 18.2 Å². The third-order valence-electron chi connectivity index (χ3n) is 3.47. The Morgan fingerprint density at radius 3 is 2.50 bits per heavy atom. The number of benzene rings is 1. The smallest absolute Gasteiger partial charge is 0.181 e. The second kappa shape index (κ2) is 4.97. The summed E-state index contributed by atoms with van der Waals surface area (Å²) in [4.78, 5) is 4.08.